The number of halogens is 1. The van der Waals surface area contributed by atoms with Crippen LogP contribution in [0.4, 0.5) is 4.39 Å². The predicted molar refractivity (Wildman–Crippen MR) is 59.6 cm³/mol. The lowest BCUT2D eigenvalue weighted by molar-refractivity contribution is -0.131. The van der Waals surface area contributed by atoms with Crippen LogP contribution in [-0.4, -0.2) is 16.1 Å². The van der Waals surface area contributed by atoms with Gasteiger partial charge in [-0.2, -0.15) is 5.26 Å². The fraction of sp³-hybridized carbons (Fsp3) is 0. The summed E-state index contributed by atoms with van der Waals surface area (Å²) in [6.07, 6.45) is 3.67. The Kier molecular flexibility index (Phi) is 2.63. The molecule has 1 aromatic heterocycles. The van der Waals surface area contributed by atoms with Crippen LogP contribution < -0.4 is 0 Å². The molecule has 2 N–H and O–H groups in total. The molecule has 5 heteroatoms. The largest absolute Gasteiger partial charge is 0.478 e. The third kappa shape index (κ3) is 1.88. The fourth-order valence-corrected chi connectivity index (χ4v) is 1.62. The number of nitrogens with zero attached hydrogens (tertiary/aromatic N) is 1. The molecule has 0 fully saturated rings. The summed E-state index contributed by atoms with van der Waals surface area (Å²) in [4.78, 5) is 13.2. The van der Waals surface area contributed by atoms with Gasteiger partial charge in [-0.25, -0.2) is 9.18 Å². The van der Waals surface area contributed by atoms with E-state index in [2.05, 4.69) is 4.98 Å². The summed E-state index contributed by atoms with van der Waals surface area (Å²) < 4.78 is 13.6. The average molecular weight is 230 g/mol. The minimum Gasteiger partial charge on any atom is -0.478 e. The van der Waals surface area contributed by atoms with E-state index in [9.17, 15) is 9.18 Å². The molecule has 2 aromatic rings. The van der Waals surface area contributed by atoms with Gasteiger partial charge in [0.2, 0.25) is 0 Å². The highest BCUT2D eigenvalue weighted by molar-refractivity contribution is 5.95. The Bertz CT molecular complexity index is 665. The molecule has 2 rings (SSSR count). The van der Waals surface area contributed by atoms with Crippen molar-refractivity contribution >= 4 is 22.9 Å². The summed E-state index contributed by atoms with van der Waals surface area (Å²) in [5.41, 5.74) is 1.09. The lowest BCUT2D eigenvalue weighted by atomic mass is 10.1. The number of carboxylic acid groups (broad SMARTS) is 1. The fourth-order valence-electron chi connectivity index (χ4n) is 1.62. The minimum atomic E-state index is -1.11. The monoisotopic (exact) mass is 230 g/mol. The number of carbonyl (C=O) groups is 1. The average Bonchev–Trinajstić information content (AvgIpc) is 2.72. The molecular formula is C12H7FN2O2. The van der Waals surface area contributed by atoms with Gasteiger partial charge in [0.25, 0.3) is 0 Å². The number of fused-ring (bicyclic) bond motifs is 1. The number of aromatic amines is 1. The molecule has 0 saturated heterocycles. The summed E-state index contributed by atoms with van der Waals surface area (Å²) in [6.45, 7) is 0. The zero-order chi connectivity index (χ0) is 12.4. The van der Waals surface area contributed by atoms with E-state index in [1.807, 2.05) is 6.07 Å². The van der Waals surface area contributed by atoms with E-state index in [-0.39, 0.29) is 5.39 Å². The first-order chi connectivity index (χ1) is 8.13. The first-order valence-corrected chi connectivity index (χ1v) is 4.74. The molecule has 1 aromatic carbocycles. The topological polar surface area (TPSA) is 76.9 Å². The van der Waals surface area contributed by atoms with Crippen LogP contribution in [0.3, 0.4) is 0 Å². The van der Waals surface area contributed by atoms with Crippen molar-refractivity contribution in [3.8, 4) is 6.07 Å². The number of rotatable bonds is 2. The third-order valence-corrected chi connectivity index (χ3v) is 2.34. The van der Waals surface area contributed by atoms with Crippen LogP contribution in [0.5, 0.6) is 0 Å². The van der Waals surface area contributed by atoms with E-state index < -0.39 is 11.8 Å². The smallest absolute Gasteiger partial charge is 0.328 e. The molecule has 0 bridgehead atoms. The van der Waals surface area contributed by atoms with Gasteiger partial charge in [0, 0.05) is 23.2 Å². The molecule has 0 spiro atoms. The van der Waals surface area contributed by atoms with E-state index in [0.717, 1.165) is 6.08 Å². The second-order valence-electron chi connectivity index (χ2n) is 3.37. The van der Waals surface area contributed by atoms with Crippen LogP contribution in [-0.2, 0) is 4.79 Å². The van der Waals surface area contributed by atoms with Crippen LogP contribution in [0.25, 0.3) is 17.0 Å². The molecule has 0 aliphatic rings. The number of nitriles is 1. The maximum atomic E-state index is 13.6. The Morgan fingerprint density at radius 3 is 2.94 bits per heavy atom. The number of hydrogen-bond acceptors (Lipinski definition) is 2. The highest BCUT2D eigenvalue weighted by Gasteiger charge is 2.10. The summed E-state index contributed by atoms with van der Waals surface area (Å²) in [5, 5.41) is 17.6. The van der Waals surface area contributed by atoms with Crippen LogP contribution in [0.1, 0.15) is 11.1 Å². The van der Waals surface area contributed by atoms with Crippen molar-refractivity contribution in [1.82, 2.24) is 4.98 Å². The van der Waals surface area contributed by atoms with Crippen molar-refractivity contribution in [2.45, 2.75) is 0 Å². The van der Waals surface area contributed by atoms with E-state index in [1.54, 1.807) is 0 Å². The number of H-pyrrole nitrogens is 1. The van der Waals surface area contributed by atoms with Gasteiger partial charge in [0.15, 0.2) is 0 Å². The predicted octanol–water partition coefficient (Wildman–Crippen LogP) is 2.28. The van der Waals surface area contributed by atoms with Crippen molar-refractivity contribution in [1.29, 1.82) is 5.26 Å². The summed E-state index contributed by atoms with van der Waals surface area (Å²) in [6, 6.07) is 4.50. The number of carboxylic acids is 1. The van der Waals surface area contributed by atoms with Crippen molar-refractivity contribution in [3.63, 3.8) is 0 Å². The molecule has 0 radical (unpaired) electrons. The second-order valence-corrected chi connectivity index (χ2v) is 3.37. The second kappa shape index (κ2) is 4.10. The molecule has 0 amide bonds. The van der Waals surface area contributed by atoms with Crippen molar-refractivity contribution in [2.24, 2.45) is 0 Å². The Labute approximate surface area is 95.6 Å². The molecule has 17 heavy (non-hydrogen) atoms. The van der Waals surface area contributed by atoms with E-state index in [4.69, 9.17) is 10.4 Å². The van der Waals surface area contributed by atoms with Crippen LogP contribution >= 0.6 is 0 Å². The zero-order valence-corrected chi connectivity index (χ0v) is 8.57. The number of nitrogens with one attached hydrogen (secondary N) is 1. The first kappa shape index (κ1) is 10.9. The maximum Gasteiger partial charge on any atom is 0.328 e. The Morgan fingerprint density at radius 2 is 2.29 bits per heavy atom. The van der Waals surface area contributed by atoms with Crippen molar-refractivity contribution in [3.05, 3.63) is 41.3 Å². The van der Waals surface area contributed by atoms with Crippen molar-refractivity contribution < 1.29 is 14.3 Å². The van der Waals surface area contributed by atoms with Gasteiger partial charge in [-0.15, -0.1) is 0 Å². The SMILES string of the molecule is N#Cc1ccc(F)c2c(/C=C/C(=O)O)c[nH]c12. The summed E-state index contributed by atoms with van der Waals surface area (Å²) >= 11 is 0. The van der Waals surface area contributed by atoms with Gasteiger partial charge in [-0.05, 0) is 18.2 Å². The molecule has 4 nitrogen and oxygen atoms in total. The summed E-state index contributed by atoms with van der Waals surface area (Å²) in [7, 11) is 0. The Hall–Kier alpha value is -2.61. The number of benzene rings is 1. The lowest BCUT2D eigenvalue weighted by Crippen LogP contribution is -1.86. The van der Waals surface area contributed by atoms with Gasteiger partial charge >= 0.3 is 5.97 Å². The van der Waals surface area contributed by atoms with E-state index in [0.29, 0.717) is 16.6 Å². The molecular weight excluding hydrogens is 223 g/mol. The molecule has 0 saturated carbocycles. The molecule has 84 valence electrons. The molecule has 0 atom stereocenters. The zero-order valence-electron chi connectivity index (χ0n) is 8.57. The summed E-state index contributed by atoms with van der Waals surface area (Å²) in [5.74, 6) is -1.61. The molecule has 1 heterocycles. The Morgan fingerprint density at radius 1 is 1.53 bits per heavy atom. The van der Waals surface area contributed by atoms with Gasteiger partial charge in [0.1, 0.15) is 11.9 Å². The van der Waals surface area contributed by atoms with Crippen LogP contribution in [0.2, 0.25) is 0 Å². The normalized spacial score (nSPS) is 10.8. The van der Waals surface area contributed by atoms with Crippen LogP contribution in [0.15, 0.2) is 24.4 Å². The molecule has 0 aliphatic heterocycles. The van der Waals surface area contributed by atoms with Crippen LogP contribution in [0, 0.1) is 17.1 Å². The van der Waals surface area contributed by atoms with Gasteiger partial charge in [-0.1, -0.05) is 0 Å². The third-order valence-electron chi connectivity index (χ3n) is 2.34. The maximum absolute atomic E-state index is 13.6. The van der Waals surface area contributed by atoms with Gasteiger partial charge in [-0.3, -0.25) is 0 Å². The number of aromatic nitrogens is 1. The van der Waals surface area contributed by atoms with Gasteiger partial charge in [0.05, 0.1) is 11.1 Å². The quantitative estimate of drug-likeness (QED) is 0.777. The lowest BCUT2D eigenvalue weighted by Gasteiger charge is -1.96. The molecule has 0 aliphatic carbocycles. The van der Waals surface area contributed by atoms with E-state index >= 15 is 0 Å². The Balaban J connectivity index is 2.68. The highest BCUT2D eigenvalue weighted by atomic mass is 19.1. The molecule has 0 unspecified atom stereocenters. The van der Waals surface area contributed by atoms with Gasteiger partial charge < -0.3 is 10.1 Å². The van der Waals surface area contributed by atoms with E-state index in [1.165, 1.54) is 24.4 Å². The highest BCUT2D eigenvalue weighted by Crippen LogP contribution is 2.25. The number of hydrogen-bond donors (Lipinski definition) is 2. The standard InChI is InChI=1S/C12H7FN2O2/c13-9-3-1-7(5-14)12-11(9)8(6-15-12)2-4-10(16)17/h1-4,6,15H,(H,16,17)/b4-2+. The minimum absolute atomic E-state index is 0.224. The van der Waals surface area contributed by atoms with Crippen molar-refractivity contribution in [2.75, 3.05) is 0 Å². The first-order valence-electron chi connectivity index (χ1n) is 4.74. The number of aliphatic carboxylic acids is 1.